The average Bonchev–Trinajstić information content (AvgIpc) is 3.14. The van der Waals surface area contributed by atoms with Gasteiger partial charge in [0.2, 0.25) is 0 Å². The maximum Gasteiger partial charge on any atom is 0.128 e. The second-order valence-electron chi connectivity index (χ2n) is 8.33. The predicted octanol–water partition coefficient (Wildman–Crippen LogP) is 3.08. The zero-order valence-electron chi connectivity index (χ0n) is 16.7. The fourth-order valence-electron chi connectivity index (χ4n) is 4.82. The minimum atomic E-state index is 0.696. The Hall–Kier alpha value is -2.27. The maximum atomic E-state index is 4.53. The number of hydrogen-bond donors (Lipinski definition) is 0. The molecule has 0 spiro atoms. The standard InChI is InChI=1S/C23H31N5/c1-2-11-24-23(6-1)27-15-5-14-26(16-17-27)22-18-28(19-22)21-9-7-20(8-10-21)25-12-3-4-13-25/h1-2,6-11,22H,3-5,12-19H2. The van der Waals surface area contributed by atoms with Gasteiger partial charge in [-0.15, -0.1) is 0 Å². The van der Waals surface area contributed by atoms with Crippen LogP contribution in [0.5, 0.6) is 0 Å². The lowest BCUT2D eigenvalue weighted by Crippen LogP contribution is -2.60. The van der Waals surface area contributed by atoms with Crippen molar-refractivity contribution in [1.82, 2.24) is 9.88 Å². The van der Waals surface area contributed by atoms with Gasteiger partial charge in [-0.05, 0) is 55.7 Å². The van der Waals surface area contributed by atoms with Crippen molar-refractivity contribution >= 4 is 17.2 Å². The van der Waals surface area contributed by atoms with Crippen molar-refractivity contribution in [3.05, 3.63) is 48.7 Å². The first kappa shape index (κ1) is 17.8. The molecule has 1 aromatic carbocycles. The second-order valence-corrected chi connectivity index (χ2v) is 8.33. The molecule has 0 amide bonds. The Morgan fingerprint density at radius 3 is 2.07 bits per heavy atom. The van der Waals surface area contributed by atoms with Gasteiger partial charge in [-0.25, -0.2) is 4.98 Å². The zero-order chi connectivity index (χ0) is 18.8. The van der Waals surface area contributed by atoms with Gasteiger partial charge in [-0.3, -0.25) is 4.90 Å². The third-order valence-electron chi connectivity index (χ3n) is 6.57. The monoisotopic (exact) mass is 377 g/mol. The summed E-state index contributed by atoms with van der Waals surface area (Å²) in [4.78, 5) is 14.7. The van der Waals surface area contributed by atoms with E-state index in [9.17, 15) is 0 Å². The first-order valence-electron chi connectivity index (χ1n) is 10.9. The van der Waals surface area contributed by atoms with E-state index in [1.807, 2.05) is 12.3 Å². The smallest absolute Gasteiger partial charge is 0.128 e. The molecule has 1 aromatic heterocycles. The predicted molar refractivity (Wildman–Crippen MR) is 117 cm³/mol. The highest BCUT2D eigenvalue weighted by Crippen LogP contribution is 2.28. The van der Waals surface area contributed by atoms with Crippen molar-refractivity contribution < 1.29 is 0 Å². The van der Waals surface area contributed by atoms with Crippen LogP contribution in [0.3, 0.4) is 0 Å². The molecule has 0 radical (unpaired) electrons. The summed E-state index contributed by atoms with van der Waals surface area (Å²) in [5.41, 5.74) is 2.77. The van der Waals surface area contributed by atoms with Crippen LogP contribution >= 0.6 is 0 Å². The van der Waals surface area contributed by atoms with Gasteiger partial charge in [0.25, 0.3) is 0 Å². The quantitative estimate of drug-likeness (QED) is 0.816. The summed E-state index contributed by atoms with van der Waals surface area (Å²) in [5.74, 6) is 1.12. The molecule has 148 valence electrons. The number of benzene rings is 1. The molecule has 2 aromatic rings. The van der Waals surface area contributed by atoms with Crippen LogP contribution in [0.4, 0.5) is 17.2 Å². The van der Waals surface area contributed by atoms with E-state index in [1.165, 1.54) is 50.3 Å². The van der Waals surface area contributed by atoms with Crippen LogP contribution in [0.2, 0.25) is 0 Å². The summed E-state index contributed by atoms with van der Waals surface area (Å²) >= 11 is 0. The molecule has 4 heterocycles. The Bertz CT molecular complexity index is 750. The molecule has 0 saturated carbocycles. The topological polar surface area (TPSA) is 25.9 Å². The summed E-state index contributed by atoms with van der Waals surface area (Å²) in [6.45, 7) is 9.29. The van der Waals surface area contributed by atoms with Crippen LogP contribution in [0.15, 0.2) is 48.7 Å². The molecule has 0 N–H and O–H groups in total. The van der Waals surface area contributed by atoms with Crippen molar-refractivity contribution in [2.75, 3.05) is 67.1 Å². The van der Waals surface area contributed by atoms with Crippen molar-refractivity contribution in [2.24, 2.45) is 0 Å². The van der Waals surface area contributed by atoms with Crippen molar-refractivity contribution in [2.45, 2.75) is 25.3 Å². The summed E-state index contributed by atoms with van der Waals surface area (Å²) in [7, 11) is 0. The third kappa shape index (κ3) is 3.68. The van der Waals surface area contributed by atoms with Gasteiger partial charge in [-0.2, -0.15) is 0 Å². The van der Waals surface area contributed by atoms with E-state index in [0.717, 1.165) is 38.5 Å². The summed E-state index contributed by atoms with van der Waals surface area (Å²) in [6.07, 6.45) is 5.79. The van der Waals surface area contributed by atoms with Crippen LogP contribution < -0.4 is 14.7 Å². The number of aromatic nitrogens is 1. The molecule has 3 aliphatic rings. The fraction of sp³-hybridized carbons (Fsp3) is 0.522. The second kappa shape index (κ2) is 8.00. The highest BCUT2D eigenvalue weighted by atomic mass is 15.3. The Morgan fingerprint density at radius 2 is 1.36 bits per heavy atom. The molecule has 3 aliphatic heterocycles. The van der Waals surface area contributed by atoms with E-state index >= 15 is 0 Å². The fourth-order valence-corrected chi connectivity index (χ4v) is 4.82. The highest BCUT2D eigenvalue weighted by molar-refractivity contribution is 5.58. The van der Waals surface area contributed by atoms with Gasteiger partial charge in [-0.1, -0.05) is 6.07 Å². The molecule has 0 bridgehead atoms. The van der Waals surface area contributed by atoms with E-state index in [-0.39, 0.29) is 0 Å². The number of hydrogen-bond acceptors (Lipinski definition) is 5. The van der Waals surface area contributed by atoms with Gasteiger partial charge >= 0.3 is 0 Å². The zero-order valence-corrected chi connectivity index (χ0v) is 16.7. The van der Waals surface area contributed by atoms with Gasteiger partial charge < -0.3 is 14.7 Å². The Labute approximate surface area is 168 Å². The van der Waals surface area contributed by atoms with Crippen molar-refractivity contribution in [3.8, 4) is 0 Å². The molecule has 0 atom stereocenters. The van der Waals surface area contributed by atoms with Gasteiger partial charge in [0, 0.05) is 76.0 Å². The summed E-state index contributed by atoms with van der Waals surface area (Å²) < 4.78 is 0. The normalized spacial score (nSPS) is 21.6. The molecule has 0 unspecified atom stereocenters. The number of rotatable bonds is 4. The van der Waals surface area contributed by atoms with Crippen molar-refractivity contribution in [3.63, 3.8) is 0 Å². The van der Waals surface area contributed by atoms with Crippen LogP contribution in [0.1, 0.15) is 19.3 Å². The largest absolute Gasteiger partial charge is 0.372 e. The van der Waals surface area contributed by atoms with E-state index in [1.54, 1.807) is 0 Å². The molecular formula is C23H31N5. The molecular weight excluding hydrogens is 346 g/mol. The summed E-state index contributed by atoms with van der Waals surface area (Å²) in [5, 5.41) is 0. The van der Waals surface area contributed by atoms with Crippen LogP contribution in [-0.2, 0) is 0 Å². The first-order valence-corrected chi connectivity index (χ1v) is 10.9. The third-order valence-corrected chi connectivity index (χ3v) is 6.57. The average molecular weight is 378 g/mol. The maximum absolute atomic E-state index is 4.53. The Morgan fingerprint density at radius 1 is 0.643 bits per heavy atom. The minimum absolute atomic E-state index is 0.696. The molecule has 3 saturated heterocycles. The van der Waals surface area contributed by atoms with E-state index in [0.29, 0.717) is 6.04 Å². The first-order chi connectivity index (χ1) is 13.9. The lowest BCUT2D eigenvalue weighted by atomic mass is 10.1. The molecule has 5 rings (SSSR count). The van der Waals surface area contributed by atoms with Crippen LogP contribution in [0.25, 0.3) is 0 Å². The summed E-state index contributed by atoms with van der Waals surface area (Å²) in [6, 6.07) is 16.2. The number of nitrogens with zero attached hydrogens (tertiary/aromatic N) is 5. The van der Waals surface area contributed by atoms with E-state index in [2.05, 4.69) is 61.0 Å². The molecule has 28 heavy (non-hydrogen) atoms. The van der Waals surface area contributed by atoms with Gasteiger partial charge in [0.1, 0.15) is 5.82 Å². The number of pyridine rings is 1. The Balaban J connectivity index is 1.14. The number of anilines is 3. The molecule has 5 heteroatoms. The highest BCUT2D eigenvalue weighted by Gasteiger charge is 2.33. The van der Waals surface area contributed by atoms with Crippen LogP contribution in [0, 0.1) is 0 Å². The van der Waals surface area contributed by atoms with Crippen molar-refractivity contribution in [1.29, 1.82) is 0 Å². The lowest BCUT2D eigenvalue weighted by Gasteiger charge is -2.46. The van der Waals surface area contributed by atoms with Gasteiger partial charge in [0.05, 0.1) is 0 Å². The molecule has 5 nitrogen and oxygen atoms in total. The van der Waals surface area contributed by atoms with Crippen LogP contribution in [-0.4, -0.2) is 68.3 Å². The molecule has 0 aliphatic carbocycles. The SMILES string of the molecule is c1ccc(N2CCCN(C3CN(c4ccc(N5CCCC5)cc4)C3)CC2)nc1. The van der Waals surface area contributed by atoms with Gasteiger partial charge in [0.15, 0.2) is 0 Å². The van der Waals surface area contributed by atoms with E-state index in [4.69, 9.17) is 0 Å². The van der Waals surface area contributed by atoms with E-state index < -0.39 is 0 Å². The Kier molecular flexibility index (Phi) is 5.08. The lowest BCUT2D eigenvalue weighted by molar-refractivity contribution is 0.177. The minimum Gasteiger partial charge on any atom is -0.372 e. The molecule has 3 fully saturated rings.